The fourth-order valence-corrected chi connectivity index (χ4v) is 3.34. The summed E-state index contributed by atoms with van der Waals surface area (Å²) >= 11 is 0. The summed E-state index contributed by atoms with van der Waals surface area (Å²) in [6, 6.07) is 19.1. The molecule has 0 amide bonds. The van der Waals surface area contributed by atoms with Crippen LogP contribution in [0.15, 0.2) is 60.7 Å². The van der Waals surface area contributed by atoms with E-state index >= 15 is 0 Å². The van der Waals surface area contributed by atoms with Crippen LogP contribution in [0.4, 0.5) is 0 Å². The second kappa shape index (κ2) is 13.3. The third-order valence-corrected chi connectivity index (χ3v) is 4.62. The molecule has 148 valence electrons. The molecule has 3 rings (SSSR count). The van der Waals surface area contributed by atoms with Crippen molar-refractivity contribution in [3.05, 3.63) is 71.8 Å². The third kappa shape index (κ3) is 9.05. The number of carboxylic acid groups (broad SMARTS) is 1. The lowest BCUT2D eigenvalue weighted by Gasteiger charge is -2.32. The number of aliphatic hydroxyl groups excluding tert-OH is 1. The Morgan fingerprint density at radius 3 is 2.22 bits per heavy atom. The van der Waals surface area contributed by atoms with Crippen molar-refractivity contribution in [2.45, 2.75) is 25.7 Å². The number of benzene rings is 2. The first-order valence-corrected chi connectivity index (χ1v) is 9.34. The van der Waals surface area contributed by atoms with Crippen molar-refractivity contribution in [1.82, 2.24) is 4.90 Å². The average Bonchev–Trinajstić information content (AvgIpc) is 2.69. The normalized spacial score (nSPS) is 16.6. The number of hydrogen-bond acceptors (Lipinski definition) is 3. The fourth-order valence-electron chi connectivity index (χ4n) is 3.34. The minimum Gasteiger partial charge on any atom is -0.478 e. The Labute approximate surface area is 168 Å². The van der Waals surface area contributed by atoms with E-state index in [1.54, 1.807) is 30.3 Å². The molecule has 0 saturated carbocycles. The number of nitrogens with zero attached hydrogens (tertiary/aromatic N) is 1. The van der Waals surface area contributed by atoms with Gasteiger partial charge >= 0.3 is 5.97 Å². The average molecular weight is 392 g/mol. The number of aliphatic hydroxyl groups is 1. The van der Waals surface area contributed by atoms with Crippen LogP contribution in [0.3, 0.4) is 0 Å². The molecule has 2 aromatic rings. The van der Waals surface area contributed by atoms with Gasteiger partial charge < -0.3 is 15.1 Å². The molecule has 0 spiro atoms. The van der Waals surface area contributed by atoms with Crippen molar-refractivity contribution in [3.63, 3.8) is 0 Å². The fraction of sp³-hybridized carbons (Fsp3) is 0.409. The second-order valence-electron chi connectivity index (χ2n) is 6.75. The lowest BCUT2D eigenvalue weighted by atomic mass is 9.91. The summed E-state index contributed by atoms with van der Waals surface area (Å²) < 4.78 is 0. The van der Waals surface area contributed by atoms with Crippen LogP contribution in [-0.2, 0) is 6.42 Å². The molecule has 0 radical (unpaired) electrons. The van der Waals surface area contributed by atoms with Crippen molar-refractivity contribution in [2.75, 3.05) is 26.2 Å². The van der Waals surface area contributed by atoms with Crippen LogP contribution in [0.2, 0.25) is 0 Å². The molecule has 2 N–H and O–H groups in total. The summed E-state index contributed by atoms with van der Waals surface area (Å²) in [5.74, 6) is -0.0829. The smallest absolute Gasteiger partial charge is 0.335 e. The van der Waals surface area contributed by atoms with Crippen molar-refractivity contribution in [1.29, 1.82) is 0 Å². The van der Waals surface area contributed by atoms with E-state index in [1.165, 1.54) is 37.9 Å². The molecule has 1 aliphatic heterocycles. The van der Waals surface area contributed by atoms with Crippen LogP contribution in [0.1, 0.15) is 35.2 Å². The quantitative estimate of drug-likeness (QED) is 0.777. The number of rotatable bonds is 6. The van der Waals surface area contributed by atoms with Gasteiger partial charge in [-0.3, -0.25) is 0 Å². The standard InChI is InChI=1S/C15H23NO.C7H6O2.ClH/c17-11-5-10-16-9-4-8-15(13-16)12-14-6-2-1-3-7-14;8-7(9)6-4-2-1-3-5-6;/h1-3,6-7,15,17H,4-5,8-13H2;1-5H,(H,8,9);1H. The molecular formula is C22H30ClNO3. The second-order valence-corrected chi connectivity index (χ2v) is 6.75. The number of likely N-dealkylation sites (tertiary alicyclic amines) is 1. The molecule has 1 heterocycles. The molecule has 2 aromatic carbocycles. The van der Waals surface area contributed by atoms with Gasteiger partial charge in [-0.15, -0.1) is 12.4 Å². The zero-order chi connectivity index (χ0) is 18.6. The Kier molecular flexibility index (Phi) is 11.4. The van der Waals surface area contributed by atoms with Crippen LogP contribution >= 0.6 is 12.4 Å². The first kappa shape index (κ1) is 23.2. The minimum atomic E-state index is -0.879. The Morgan fingerprint density at radius 1 is 1.04 bits per heavy atom. The molecule has 1 aliphatic rings. The molecule has 5 heteroatoms. The van der Waals surface area contributed by atoms with E-state index < -0.39 is 5.97 Å². The number of piperidine rings is 1. The Bertz CT molecular complexity index is 637. The highest BCUT2D eigenvalue weighted by atomic mass is 35.5. The lowest BCUT2D eigenvalue weighted by Crippen LogP contribution is -2.37. The molecule has 0 bridgehead atoms. The first-order chi connectivity index (χ1) is 12.7. The largest absolute Gasteiger partial charge is 0.478 e. The number of carboxylic acids is 1. The molecule has 4 nitrogen and oxygen atoms in total. The van der Waals surface area contributed by atoms with Gasteiger partial charge in [0.1, 0.15) is 0 Å². The van der Waals surface area contributed by atoms with Crippen LogP contribution < -0.4 is 0 Å². The number of aromatic carboxylic acids is 1. The van der Waals surface area contributed by atoms with Gasteiger partial charge in [-0.2, -0.15) is 0 Å². The molecule has 1 saturated heterocycles. The van der Waals surface area contributed by atoms with Gasteiger partial charge in [0.05, 0.1) is 5.56 Å². The summed E-state index contributed by atoms with van der Waals surface area (Å²) in [6.45, 7) is 3.79. The van der Waals surface area contributed by atoms with Crippen molar-refractivity contribution in [2.24, 2.45) is 5.92 Å². The van der Waals surface area contributed by atoms with Gasteiger partial charge in [-0.1, -0.05) is 48.5 Å². The number of halogens is 1. The van der Waals surface area contributed by atoms with Crippen LogP contribution in [0.5, 0.6) is 0 Å². The lowest BCUT2D eigenvalue weighted by molar-refractivity contribution is 0.0697. The zero-order valence-corrected chi connectivity index (χ0v) is 16.5. The predicted molar refractivity (Wildman–Crippen MR) is 112 cm³/mol. The van der Waals surface area contributed by atoms with Crippen LogP contribution in [0.25, 0.3) is 0 Å². The Hall–Kier alpha value is -1.88. The van der Waals surface area contributed by atoms with Crippen molar-refractivity contribution < 1.29 is 15.0 Å². The van der Waals surface area contributed by atoms with Crippen LogP contribution in [0, 0.1) is 5.92 Å². The summed E-state index contributed by atoms with van der Waals surface area (Å²) in [7, 11) is 0. The maximum Gasteiger partial charge on any atom is 0.335 e. The van der Waals surface area contributed by atoms with Gasteiger partial charge in [0.2, 0.25) is 0 Å². The van der Waals surface area contributed by atoms with Crippen molar-refractivity contribution >= 4 is 18.4 Å². The van der Waals surface area contributed by atoms with Crippen LogP contribution in [-0.4, -0.2) is 47.3 Å². The SMILES string of the molecule is Cl.O=C(O)c1ccccc1.OCCCN1CCCC(Cc2ccccc2)C1. The molecule has 0 aliphatic carbocycles. The molecule has 1 atom stereocenters. The van der Waals surface area contributed by atoms with E-state index in [-0.39, 0.29) is 12.4 Å². The number of carbonyl (C=O) groups is 1. The molecule has 27 heavy (non-hydrogen) atoms. The minimum absolute atomic E-state index is 0. The van der Waals surface area contributed by atoms with E-state index in [1.807, 2.05) is 0 Å². The molecular weight excluding hydrogens is 362 g/mol. The van der Waals surface area contributed by atoms with E-state index in [4.69, 9.17) is 10.2 Å². The highest BCUT2D eigenvalue weighted by Gasteiger charge is 2.19. The van der Waals surface area contributed by atoms with E-state index in [9.17, 15) is 4.79 Å². The van der Waals surface area contributed by atoms with E-state index in [2.05, 4.69) is 35.2 Å². The molecule has 1 fully saturated rings. The van der Waals surface area contributed by atoms with Gasteiger partial charge in [0.15, 0.2) is 0 Å². The predicted octanol–water partition coefficient (Wildman–Crippen LogP) is 4.13. The maximum absolute atomic E-state index is 10.2. The van der Waals surface area contributed by atoms with Gasteiger partial charge in [0, 0.05) is 19.7 Å². The topological polar surface area (TPSA) is 60.8 Å². The van der Waals surface area contributed by atoms with Gasteiger partial charge in [-0.05, 0) is 55.8 Å². The summed E-state index contributed by atoms with van der Waals surface area (Å²) in [4.78, 5) is 12.7. The highest BCUT2D eigenvalue weighted by molar-refractivity contribution is 5.87. The monoisotopic (exact) mass is 391 g/mol. The molecule has 1 unspecified atom stereocenters. The van der Waals surface area contributed by atoms with E-state index in [0.29, 0.717) is 12.2 Å². The summed E-state index contributed by atoms with van der Waals surface area (Å²) in [5, 5.41) is 17.3. The zero-order valence-electron chi connectivity index (χ0n) is 15.7. The maximum atomic E-state index is 10.2. The molecule has 0 aromatic heterocycles. The first-order valence-electron chi connectivity index (χ1n) is 9.34. The van der Waals surface area contributed by atoms with Gasteiger partial charge in [0.25, 0.3) is 0 Å². The summed E-state index contributed by atoms with van der Waals surface area (Å²) in [5.41, 5.74) is 1.79. The highest BCUT2D eigenvalue weighted by Crippen LogP contribution is 2.20. The Balaban J connectivity index is 0.000000310. The van der Waals surface area contributed by atoms with E-state index in [0.717, 1.165) is 18.9 Å². The summed E-state index contributed by atoms with van der Waals surface area (Å²) in [6.07, 6.45) is 4.78. The number of hydrogen-bond donors (Lipinski definition) is 2. The third-order valence-electron chi connectivity index (χ3n) is 4.62. The Morgan fingerprint density at radius 2 is 1.67 bits per heavy atom. The van der Waals surface area contributed by atoms with Crippen molar-refractivity contribution in [3.8, 4) is 0 Å². The van der Waals surface area contributed by atoms with Gasteiger partial charge in [-0.25, -0.2) is 4.79 Å².